The Morgan fingerprint density at radius 1 is 1.31 bits per heavy atom. The van der Waals surface area contributed by atoms with Crippen LogP contribution in [0.4, 0.5) is 0 Å². The highest BCUT2D eigenvalue weighted by atomic mass is 16.5. The minimum Gasteiger partial charge on any atom is -0.497 e. The van der Waals surface area contributed by atoms with Gasteiger partial charge in [-0.05, 0) is 18.2 Å². The van der Waals surface area contributed by atoms with Crippen molar-refractivity contribution in [2.45, 2.75) is 20.3 Å². The van der Waals surface area contributed by atoms with Gasteiger partial charge >= 0.3 is 0 Å². The number of ether oxygens (including phenoxy) is 2. The van der Waals surface area contributed by atoms with Crippen molar-refractivity contribution >= 4 is 0 Å². The zero-order valence-electron chi connectivity index (χ0n) is 8.46. The third kappa shape index (κ3) is 2.14. The minimum atomic E-state index is 0.808. The van der Waals surface area contributed by atoms with Gasteiger partial charge in [-0.2, -0.15) is 0 Å². The average molecular weight is 180 g/mol. The van der Waals surface area contributed by atoms with E-state index in [0.717, 1.165) is 24.5 Å². The standard InChI is InChI=1S/C9H10O2.C2H6/c1-10-8-2-3-9-7(6-8)4-5-11-9;1-2/h2-3,6H,4-5H2,1H3;1-2H3. The van der Waals surface area contributed by atoms with Crippen LogP contribution >= 0.6 is 0 Å². The summed E-state index contributed by atoms with van der Waals surface area (Å²) in [7, 11) is 1.68. The number of hydrogen-bond donors (Lipinski definition) is 0. The number of benzene rings is 1. The van der Waals surface area contributed by atoms with Gasteiger partial charge < -0.3 is 9.47 Å². The fourth-order valence-electron chi connectivity index (χ4n) is 1.29. The van der Waals surface area contributed by atoms with E-state index < -0.39 is 0 Å². The average Bonchev–Trinajstić information content (AvgIpc) is 2.67. The molecule has 0 radical (unpaired) electrons. The van der Waals surface area contributed by atoms with Crippen LogP contribution in [0.25, 0.3) is 0 Å². The Hall–Kier alpha value is -1.18. The molecular weight excluding hydrogens is 164 g/mol. The molecule has 72 valence electrons. The molecule has 2 rings (SSSR count). The minimum absolute atomic E-state index is 0.808. The van der Waals surface area contributed by atoms with Crippen LogP contribution in [0.2, 0.25) is 0 Å². The lowest BCUT2D eigenvalue weighted by Gasteiger charge is -2.01. The van der Waals surface area contributed by atoms with Gasteiger partial charge in [0.25, 0.3) is 0 Å². The van der Waals surface area contributed by atoms with Crippen molar-refractivity contribution in [2.24, 2.45) is 0 Å². The summed E-state index contributed by atoms with van der Waals surface area (Å²) in [5, 5.41) is 0. The highest BCUT2D eigenvalue weighted by Gasteiger charge is 2.11. The first kappa shape index (κ1) is 9.90. The second-order valence-corrected chi connectivity index (χ2v) is 2.57. The first-order valence-electron chi connectivity index (χ1n) is 4.70. The van der Waals surface area contributed by atoms with Crippen LogP contribution < -0.4 is 9.47 Å². The van der Waals surface area contributed by atoms with E-state index in [1.807, 2.05) is 32.0 Å². The Kier molecular flexibility index (Phi) is 3.62. The molecule has 1 aromatic rings. The molecule has 0 unspecified atom stereocenters. The van der Waals surface area contributed by atoms with Gasteiger partial charge in [0.05, 0.1) is 13.7 Å². The molecule has 0 saturated heterocycles. The molecule has 0 N–H and O–H groups in total. The summed E-state index contributed by atoms with van der Waals surface area (Å²) in [5.41, 5.74) is 1.25. The fourth-order valence-corrected chi connectivity index (χ4v) is 1.29. The molecule has 1 aliphatic rings. The van der Waals surface area contributed by atoms with Crippen LogP contribution in [0.1, 0.15) is 19.4 Å². The molecule has 0 atom stereocenters. The van der Waals surface area contributed by atoms with Crippen LogP contribution in [-0.2, 0) is 6.42 Å². The van der Waals surface area contributed by atoms with E-state index in [4.69, 9.17) is 9.47 Å². The lowest BCUT2D eigenvalue weighted by Crippen LogP contribution is -1.85. The quantitative estimate of drug-likeness (QED) is 0.661. The predicted molar refractivity (Wildman–Crippen MR) is 53.5 cm³/mol. The number of fused-ring (bicyclic) bond motifs is 1. The molecule has 13 heavy (non-hydrogen) atoms. The van der Waals surface area contributed by atoms with Crippen LogP contribution in [-0.4, -0.2) is 13.7 Å². The van der Waals surface area contributed by atoms with Crippen LogP contribution in [0, 0.1) is 0 Å². The number of rotatable bonds is 1. The van der Waals surface area contributed by atoms with Crippen LogP contribution in [0.15, 0.2) is 18.2 Å². The highest BCUT2D eigenvalue weighted by Crippen LogP contribution is 2.28. The number of hydrogen-bond acceptors (Lipinski definition) is 2. The van der Waals surface area contributed by atoms with E-state index in [1.165, 1.54) is 5.56 Å². The largest absolute Gasteiger partial charge is 0.497 e. The Balaban J connectivity index is 0.000000396. The van der Waals surface area contributed by atoms with Gasteiger partial charge in [-0.3, -0.25) is 0 Å². The van der Waals surface area contributed by atoms with Gasteiger partial charge in [-0.25, -0.2) is 0 Å². The molecule has 0 fully saturated rings. The van der Waals surface area contributed by atoms with E-state index in [2.05, 4.69) is 0 Å². The van der Waals surface area contributed by atoms with Crippen molar-refractivity contribution in [1.82, 2.24) is 0 Å². The maximum absolute atomic E-state index is 5.34. The summed E-state index contributed by atoms with van der Waals surface area (Å²) in [6, 6.07) is 5.91. The lowest BCUT2D eigenvalue weighted by atomic mass is 10.2. The Bertz CT molecular complexity index is 269. The highest BCUT2D eigenvalue weighted by molar-refractivity contribution is 5.42. The molecule has 0 saturated carbocycles. The third-order valence-electron chi connectivity index (χ3n) is 1.90. The third-order valence-corrected chi connectivity index (χ3v) is 1.90. The topological polar surface area (TPSA) is 18.5 Å². The first-order chi connectivity index (χ1) is 6.40. The van der Waals surface area contributed by atoms with E-state index in [0.29, 0.717) is 0 Å². The molecular formula is C11H16O2. The normalized spacial score (nSPS) is 12.2. The molecule has 1 heterocycles. The number of methoxy groups -OCH3 is 1. The van der Waals surface area contributed by atoms with E-state index >= 15 is 0 Å². The summed E-state index contributed by atoms with van der Waals surface area (Å²) >= 11 is 0. The van der Waals surface area contributed by atoms with Crippen molar-refractivity contribution in [3.05, 3.63) is 23.8 Å². The van der Waals surface area contributed by atoms with Crippen LogP contribution in [0.3, 0.4) is 0 Å². The van der Waals surface area contributed by atoms with Gasteiger partial charge in [0.15, 0.2) is 0 Å². The Morgan fingerprint density at radius 2 is 2.08 bits per heavy atom. The summed E-state index contributed by atoms with van der Waals surface area (Å²) in [6.07, 6.45) is 1.01. The first-order valence-corrected chi connectivity index (χ1v) is 4.70. The van der Waals surface area contributed by atoms with E-state index in [-0.39, 0.29) is 0 Å². The fraction of sp³-hybridized carbons (Fsp3) is 0.455. The SMILES string of the molecule is CC.COc1ccc2c(c1)CCO2. The van der Waals surface area contributed by atoms with Gasteiger partial charge in [0, 0.05) is 12.0 Å². The zero-order chi connectivity index (χ0) is 9.68. The predicted octanol–water partition coefficient (Wildman–Crippen LogP) is 2.66. The maximum atomic E-state index is 5.34. The van der Waals surface area contributed by atoms with Crippen molar-refractivity contribution < 1.29 is 9.47 Å². The second kappa shape index (κ2) is 4.75. The summed E-state index contributed by atoms with van der Waals surface area (Å²) in [4.78, 5) is 0. The smallest absolute Gasteiger partial charge is 0.122 e. The van der Waals surface area contributed by atoms with Gasteiger partial charge in [-0.1, -0.05) is 13.8 Å². The van der Waals surface area contributed by atoms with Crippen molar-refractivity contribution in [2.75, 3.05) is 13.7 Å². The Morgan fingerprint density at radius 3 is 2.77 bits per heavy atom. The summed E-state index contributed by atoms with van der Waals surface area (Å²) < 4.78 is 10.4. The molecule has 0 bridgehead atoms. The molecule has 2 nitrogen and oxygen atoms in total. The van der Waals surface area contributed by atoms with E-state index in [9.17, 15) is 0 Å². The van der Waals surface area contributed by atoms with Gasteiger partial charge in [0.1, 0.15) is 11.5 Å². The zero-order valence-corrected chi connectivity index (χ0v) is 8.46. The molecule has 0 amide bonds. The van der Waals surface area contributed by atoms with Gasteiger partial charge in [-0.15, -0.1) is 0 Å². The summed E-state index contributed by atoms with van der Waals surface area (Å²) in [5.74, 6) is 1.92. The molecule has 0 spiro atoms. The second-order valence-electron chi connectivity index (χ2n) is 2.57. The maximum Gasteiger partial charge on any atom is 0.122 e. The van der Waals surface area contributed by atoms with Crippen molar-refractivity contribution in [3.8, 4) is 11.5 Å². The molecule has 0 aliphatic carbocycles. The van der Waals surface area contributed by atoms with E-state index in [1.54, 1.807) is 7.11 Å². The van der Waals surface area contributed by atoms with Gasteiger partial charge in [0.2, 0.25) is 0 Å². The lowest BCUT2D eigenvalue weighted by molar-refractivity contribution is 0.356. The molecule has 0 aromatic heterocycles. The monoisotopic (exact) mass is 180 g/mol. The van der Waals surface area contributed by atoms with Crippen molar-refractivity contribution in [3.63, 3.8) is 0 Å². The Labute approximate surface area is 79.5 Å². The van der Waals surface area contributed by atoms with Crippen molar-refractivity contribution in [1.29, 1.82) is 0 Å². The summed E-state index contributed by atoms with van der Waals surface area (Å²) in [6.45, 7) is 4.81. The van der Waals surface area contributed by atoms with Crippen LogP contribution in [0.5, 0.6) is 11.5 Å². The molecule has 2 heteroatoms. The molecule has 1 aliphatic heterocycles. The molecule has 1 aromatic carbocycles.